The Balaban J connectivity index is 2.62. The third-order valence-corrected chi connectivity index (χ3v) is 1.84. The summed E-state index contributed by atoms with van der Waals surface area (Å²) < 4.78 is 5.45. The Kier molecular flexibility index (Phi) is 5.13. The lowest BCUT2D eigenvalue weighted by Crippen LogP contribution is -2.07. The van der Waals surface area contributed by atoms with Crippen LogP contribution in [0.5, 0.6) is 5.88 Å². The van der Waals surface area contributed by atoms with Gasteiger partial charge in [-0.3, -0.25) is 0 Å². The summed E-state index contributed by atoms with van der Waals surface area (Å²) in [6.45, 7) is 5.31. The van der Waals surface area contributed by atoms with Crippen LogP contribution in [0.2, 0.25) is 0 Å². The fraction of sp³-hybridized carbons (Fsp3) is 0.500. The molecule has 0 saturated carbocycles. The van der Waals surface area contributed by atoms with Crippen molar-refractivity contribution in [3.8, 4) is 18.2 Å². The van der Waals surface area contributed by atoms with E-state index in [0.29, 0.717) is 31.4 Å². The highest BCUT2D eigenvalue weighted by molar-refractivity contribution is 5.30. The van der Waals surface area contributed by atoms with Gasteiger partial charge in [-0.05, 0) is 13.3 Å². The van der Waals surface area contributed by atoms with Gasteiger partial charge in [0.25, 0.3) is 0 Å². The summed E-state index contributed by atoms with van der Waals surface area (Å²) in [5.74, 6) is 3.73. The maximum atomic E-state index is 5.45. The highest BCUT2D eigenvalue weighted by Gasteiger charge is 2.01. The number of anilines is 1. The van der Waals surface area contributed by atoms with E-state index in [1.165, 1.54) is 0 Å². The predicted octanol–water partition coefficient (Wildman–Crippen LogP) is 2.01. The molecule has 4 nitrogen and oxygen atoms in total. The zero-order valence-electron chi connectivity index (χ0n) is 9.79. The molecule has 0 radical (unpaired) electrons. The second kappa shape index (κ2) is 6.67. The van der Waals surface area contributed by atoms with Gasteiger partial charge in [0.05, 0.1) is 6.61 Å². The van der Waals surface area contributed by atoms with Crippen molar-refractivity contribution in [3.05, 3.63) is 11.8 Å². The van der Waals surface area contributed by atoms with Gasteiger partial charge in [-0.15, -0.1) is 12.3 Å². The van der Waals surface area contributed by atoms with Gasteiger partial charge in [0.15, 0.2) is 0 Å². The van der Waals surface area contributed by atoms with Gasteiger partial charge in [-0.25, -0.2) is 4.98 Å². The van der Waals surface area contributed by atoms with Gasteiger partial charge in [0.2, 0.25) is 11.8 Å². The molecule has 1 aromatic heterocycles. The molecule has 0 fully saturated rings. The van der Waals surface area contributed by atoms with Crippen LogP contribution in [-0.2, 0) is 0 Å². The van der Waals surface area contributed by atoms with E-state index >= 15 is 0 Å². The Morgan fingerprint density at radius 2 is 2.31 bits per heavy atom. The van der Waals surface area contributed by atoms with E-state index in [4.69, 9.17) is 11.2 Å². The van der Waals surface area contributed by atoms with Crippen molar-refractivity contribution in [2.75, 3.05) is 18.5 Å². The summed E-state index contributed by atoms with van der Waals surface area (Å²) in [4.78, 5) is 8.47. The van der Waals surface area contributed by atoms with Crippen molar-refractivity contribution >= 4 is 5.95 Å². The van der Waals surface area contributed by atoms with E-state index in [-0.39, 0.29) is 0 Å². The molecule has 0 amide bonds. The van der Waals surface area contributed by atoms with Crippen LogP contribution in [-0.4, -0.2) is 23.1 Å². The van der Waals surface area contributed by atoms with Gasteiger partial charge in [-0.2, -0.15) is 4.98 Å². The minimum absolute atomic E-state index is 0.571. The van der Waals surface area contributed by atoms with Crippen LogP contribution in [0.1, 0.15) is 25.5 Å². The molecular formula is C12H17N3O. The largest absolute Gasteiger partial charge is 0.478 e. The monoisotopic (exact) mass is 219 g/mol. The number of rotatable bonds is 6. The zero-order chi connectivity index (χ0) is 11.8. The van der Waals surface area contributed by atoms with Crippen LogP contribution in [0.25, 0.3) is 0 Å². The second-order valence-electron chi connectivity index (χ2n) is 3.40. The lowest BCUT2D eigenvalue weighted by molar-refractivity contribution is 0.305. The molecule has 1 heterocycles. The summed E-state index contributed by atoms with van der Waals surface area (Å²) in [7, 11) is 0. The Hall–Kier alpha value is -1.76. The molecule has 0 unspecified atom stereocenters. The fourth-order valence-electron chi connectivity index (χ4n) is 1.15. The standard InChI is InChI=1S/C12H17N3O/c1-4-6-7-13-12-14-10(3)9-11(15-12)16-8-5-2/h1,9H,5-8H2,2-3H3,(H,13,14,15). The highest BCUT2D eigenvalue weighted by atomic mass is 16.5. The number of hydrogen-bond acceptors (Lipinski definition) is 4. The molecular weight excluding hydrogens is 202 g/mol. The number of ether oxygens (including phenoxy) is 1. The average molecular weight is 219 g/mol. The van der Waals surface area contributed by atoms with Crippen molar-refractivity contribution in [2.24, 2.45) is 0 Å². The van der Waals surface area contributed by atoms with E-state index in [2.05, 4.69) is 28.1 Å². The molecule has 0 aromatic carbocycles. The van der Waals surface area contributed by atoms with Crippen LogP contribution in [0, 0.1) is 19.3 Å². The Bertz CT molecular complexity index is 371. The SMILES string of the molecule is C#CCCNc1nc(C)cc(OCCC)n1. The number of terminal acetylenes is 1. The summed E-state index contributed by atoms with van der Waals surface area (Å²) in [5, 5.41) is 3.06. The molecule has 0 saturated heterocycles. The number of aryl methyl sites for hydroxylation is 1. The lowest BCUT2D eigenvalue weighted by Gasteiger charge is -2.07. The summed E-state index contributed by atoms with van der Waals surface area (Å²) in [5.41, 5.74) is 0.879. The molecule has 0 spiro atoms. The summed E-state index contributed by atoms with van der Waals surface area (Å²) in [6, 6.07) is 1.82. The van der Waals surface area contributed by atoms with Crippen LogP contribution in [0.4, 0.5) is 5.95 Å². The lowest BCUT2D eigenvalue weighted by atomic mass is 10.4. The Morgan fingerprint density at radius 3 is 3.00 bits per heavy atom. The average Bonchev–Trinajstić information content (AvgIpc) is 2.26. The molecule has 0 atom stereocenters. The highest BCUT2D eigenvalue weighted by Crippen LogP contribution is 2.11. The van der Waals surface area contributed by atoms with E-state index < -0.39 is 0 Å². The van der Waals surface area contributed by atoms with Gasteiger partial charge >= 0.3 is 0 Å². The molecule has 1 aromatic rings. The summed E-state index contributed by atoms with van der Waals surface area (Å²) >= 11 is 0. The minimum atomic E-state index is 0.571. The molecule has 0 bridgehead atoms. The molecule has 1 N–H and O–H groups in total. The Morgan fingerprint density at radius 1 is 1.50 bits per heavy atom. The number of nitrogens with zero attached hydrogens (tertiary/aromatic N) is 2. The topological polar surface area (TPSA) is 47.0 Å². The zero-order valence-corrected chi connectivity index (χ0v) is 9.79. The summed E-state index contributed by atoms with van der Waals surface area (Å²) in [6.07, 6.45) is 6.78. The molecule has 0 aliphatic heterocycles. The molecule has 0 aliphatic rings. The quantitative estimate of drug-likeness (QED) is 0.587. The molecule has 86 valence electrons. The molecule has 16 heavy (non-hydrogen) atoms. The van der Waals surface area contributed by atoms with Gasteiger partial charge < -0.3 is 10.1 Å². The van der Waals surface area contributed by atoms with Crippen molar-refractivity contribution in [1.29, 1.82) is 0 Å². The maximum Gasteiger partial charge on any atom is 0.226 e. The van der Waals surface area contributed by atoms with E-state index in [9.17, 15) is 0 Å². The molecule has 0 aliphatic carbocycles. The van der Waals surface area contributed by atoms with Gasteiger partial charge in [0, 0.05) is 24.7 Å². The van der Waals surface area contributed by atoms with Crippen LogP contribution >= 0.6 is 0 Å². The fourth-order valence-corrected chi connectivity index (χ4v) is 1.15. The second-order valence-corrected chi connectivity index (χ2v) is 3.40. The first kappa shape index (κ1) is 12.3. The smallest absolute Gasteiger partial charge is 0.226 e. The van der Waals surface area contributed by atoms with Crippen molar-refractivity contribution in [1.82, 2.24) is 9.97 Å². The van der Waals surface area contributed by atoms with Gasteiger partial charge in [0.1, 0.15) is 0 Å². The first-order valence-corrected chi connectivity index (χ1v) is 5.42. The Labute approximate surface area is 96.5 Å². The number of hydrogen-bond donors (Lipinski definition) is 1. The van der Waals surface area contributed by atoms with Crippen LogP contribution in [0.3, 0.4) is 0 Å². The maximum absolute atomic E-state index is 5.45. The van der Waals surface area contributed by atoms with Crippen molar-refractivity contribution in [3.63, 3.8) is 0 Å². The first-order valence-electron chi connectivity index (χ1n) is 5.42. The normalized spacial score (nSPS) is 9.56. The van der Waals surface area contributed by atoms with E-state index in [1.807, 2.05) is 13.0 Å². The van der Waals surface area contributed by atoms with Crippen LogP contribution in [0.15, 0.2) is 6.07 Å². The predicted molar refractivity (Wildman–Crippen MR) is 64.5 cm³/mol. The van der Waals surface area contributed by atoms with Crippen molar-refractivity contribution in [2.45, 2.75) is 26.7 Å². The van der Waals surface area contributed by atoms with Crippen molar-refractivity contribution < 1.29 is 4.74 Å². The van der Waals surface area contributed by atoms with E-state index in [0.717, 1.165) is 12.1 Å². The third kappa shape index (κ3) is 4.18. The first-order chi connectivity index (χ1) is 7.76. The third-order valence-electron chi connectivity index (χ3n) is 1.84. The molecule has 1 rings (SSSR count). The molecule has 4 heteroatoms. The van der Waals surface area contributed by atoms with E-state index in [1.54, 1.807) is 0 Å². The van der Waals surface area contributed by atoms with Gasteiger partial charge in [-0.1, -0.05) is 6.92 Å². The number of nitrogens with one attached hydrogen (secondary N) is 1. The minimum Gasteiger partial charge on any atom is -0.478 e. The van der Waals surface area contributed by atoms with Crippen LogP contribution < -0.4 is 10.1 Å². The number of aromatic nitrogens is 2.